The van der Waals surface area contributed by atoms with E-state index in [9.17, 15) is 4.79 Å². The van der Waals surface area contributed by atoms with Gasteiger partial charge in [0.15, 0.2) is 11.0 Å². The maximum Gasteiger partial charge on any atom is 0.234 e. The zero-order chi connectivity index (χ0) is 21.1. The quantitative estimate of drug-likeness (QED) is 0.395. The number of aromatic nitrogens is 3. The lowest BCUT2D eigenvalue weighted by Gasteiger charge is -2.13. The second-order valence-corrected chi connectivity index (χ2v) is 9.53. The summed E-state index contributed by atoms with van der Waals surface area (Å²) in [5.74, 6) is 1.12. The fraction of sp³-hybridized carbons (Fsp3) is 0.348. The fourth-order valence-corrected chi connectivity index (χ4v) is 5.71. The van der Waals surface area contributed by atoms with Crippen molar-refractivity contribution < 1.29 is 4.79 Å². The first-order valence-electron chi connectivity index (χ1n) is 10.2. The summed E-state index contributed by atoms with van der Waals surface area (Å²) in [4.78, 5) is 14.0. The molecule has 0 bridgehead atoms. The van der Waals surface area contributed by atoms with Crippen LogP contribution in [0.2, 0.25) is 0 Å². The summed E-state index contributed by atoms with van der Waals surface area (Å²) in [7, 11) is 0. The number of aryl methyl sites for hydroxylation is 3. The number of fused-ring (bicyclic) bond motifs is 1. The average molecular weight is 439 g/mol. The molecule has 2 aromatic heterocycles. The third-order valence-corrected chi connectivity index (χ3v) is 7.37. The van der Waals surface area contributed by atoms with Gasteiger partial charge in [-0.2, -0.15) is 0 Å². The van der Waals surface area contributed by atoms with E-state index in [1.165, 1.54) is 46.2 Å². The summed E-state index contributed by atoms with van der Waals surface area (Å²) in [5.41, 5.74) is 5.71. The number of hydrogen-bond acceptors (Lipinski definition) is 5. The predicted molar refractivity (Wildman–Crippen MR) is 125 cm³/mol. The molecular weight excluding hydrogens is 412 g/mol. The minimum Gasteiger partial charge on any atom is -0.325 e. The Hall–Kier alpha value is -2.38. The van der Waals surface area contributed by atoms with Crippen LogP contribution in [0.3, 0.4) is 0 Å². The Labute approximate surface area is 185 Å². The molecule has 0 aliphatic heterocycles. The zero-order valence-corrected chi connectivity index (χ0v) is 19.0. The number of nitrogens with one attached hydrogen (secondary N) is 1. The molecule has 7 heteroatoms. The van der Waals surface area contributed by atoms with Gasteiger partial charge in [0.2, 0.25) is 5.91 Å². The number of benzene rings is 1. The van der Waals surface area contributed by atoms with Crippen LogP contribution < -0.4 is 5.32 Å². The highest BCUT2D eigenvalue weighted by molar-refractivity contribution is 7.99. The molecule has 1 amide bonds. The summed E-state index contributed by atoms with van der Waals surface area (Å²) in [5, 5.41) is 14.8. The van der Waals surface area contributed by atoms with Gasteiger partial charge in [-0.15, -0.1) is 28.1 Å². The number of amides is 1. The minimum absolute atomic E-state index is 0.0467. The predicted octanol–water partition coefficient (Wildman–Crippen LogP) is 5.42. The van der Waals surface area contributed by atoms with Crippen LogP contribution >= 0.6 is 23.1 Å². The molecule has 5 nitrogen and oxygen atoms in total. The van der Waals surface area contributed by atoms with Gasteiger partial charge < -0.3 is 5.32 Å². The van der Waals surface area contributed by atoms with Crippen molar-refractivity contribution in [2.75, 3.05) is 11.1 Å². The molecule has 0 saturated carbocycles. The van der Waals surface area contributed by atoms with Crippen molar-refractivity contribution in [2.24, 2.45) is 0 Å². The van der Waals surface area contributed by atoms with E-state index < -0.39 is 0 Å². The molecule has 1 aliphatic rings. The van der Waals surface area contributed by atoms with E-state index in [1.54, 1.807) is 0 Å². The summed E-state index contributed by atoms with van der Waals surface area (Å²) in [6.45, 7) is 8.56. The third-order valence-electron chi connectivity index (χ3n) is 5.32. The molecule has 1 aromatic carbocycles. The first kappa shape index (κ1) is 20.9. The molecule has 3 aromatic rings. The van der Waals surface area contributed by atoms with E-state index >= 15 is 0 Å². The molecule has 0 unspecified atom stereocenters. The molecule has 30 heavy (non-hydrogen) atoms. The highest BCUT2D eigenvalue weighted by Gasteiger charge is 2.22. The van der Waals surface area contributed by atoms with E-state index in [0.717, 1.165) is 35.1 Å². The van der Waals surface area contributed by atoms with Crippen molar-refractivity contribution in [3.8, 4) is 11.4 Å². The molecule has 1 N–H and O–H groups in total. The Morgan fingerprint density at radius 2 is 2.13 bits per heavy atom. The van der Waals surface area contributed by atoms with Crippen molar-refractivity contribution >= 4 is 34.7 Å². The Morgan fingerprint density at radius 3 is 2.93 bits per heavy atom. The molecule has 2 heterocycles. The molecule has 0 atom stereocenters. The minimum atomic E-state index is -0.0467. The Balaban J connectivity index is 1.50. The first-order valence-corrected chi connectivity index (χ1v) is 12.1. The molecule has 0 radical (unpaired) electrons. The van der Waals surface area contributed by atoms with Gasteiger partial charge >= 0.3 is 0 Å². The molecular formula is C23H26N4OS2. The smallest absolute Gasteiger partial charge is 0.234 e. The van der Waals surface area contributed by atoms with Crippen molar-refractivity contribution in [3.05, 3.63) is 57.8 Å². The number of nitrogens with zero attached hydrogens (tertiary/aromatic N) is 3. The number of thioether (sulfide) groups is 1. The molecule has 1 aliphatic carbocycles. The van der Waals surface area contributed by atoms with Crippen molar-refractivity contribution in [2.45, 2.75) is 51.2 Å². The number of hydrogen-bond donors (Lipinski definition) is 1. The number of carbonyl (C=O) groups is 1. The van der Waals surface area contributed by atoms with E-state index in [2.05, 4.69) is 38.1 Å². The standard InChI is InChI=1S/C23H26N4OS2/c1-4-11-27-22(18-13-29-20-8-6-5-7-17(18)20)25-26-23(27)30-14-21(28)24-19-10-9-15(2)12-16(19)3/h4,9-10,12-13H,1,5-8,11,14H2,2-3H3,(H,24,28). The van der Waals surface area contributed by atoms with Gasteiger partial charge in [0.1, 0.15) is 0 Å². The molecule has 4 rings (SSSR count). The number of anilines is 1. The van der Waals surface area contributed by atoms with E-state index in [4.69, 9.17) is 0 Å². The van der Waals surface area contributed by atoms with Crippen LogP contribution in [0.1, 0.15) is 34.4 Å². The zero-order valence-electron chi connectivity index (χ0n) is 17.4. The monoisotopic (exact) mass is 438 g/mol. The fourth-order valence-electron chi connectivity index (χ4n) is 3.84. The number of thiophene rings is 1. The van der Waals surface area contributed by atoms with Crippen molar-refractivity contribution in [3.63, 3.8) is 0 Å². The van der Waals surface area contributed by atoms with Gasteiger partial charge in [0.05, 0.1) is 5.75 Å². The summed E-state index contributed by atoms with van der Waals surface area (Å²) in [6, 6.07) is 6.02. The number of rotatable bonds is 7. The SMILES string of the molecule is C=CCn1c(SCC(=O)Nc2ccc(C)cc2C)nnc1-c1csc2c1CCCC2. The maximum atomic E-state index is 12.5. The molecule has 156 valence electrons. The molecule has 0 saturated heterocycles. The van der Waals surface area contributed by atoms with E-state index in [-0.39, 0.29) is 11.7 Å². The van der Waals surface area contributed by atoms with Crippen molar-refractivity contribution in [1.82, 2.24) is 14.8 Å². The normalized spacial score (nSPS) is 13.1. The first-order chi connectivity index (χ1) is 14.6. The lowest BCUT2D eigenvalue weighted by molar-refractivity contribution is -0.113. The maximum absolute atomic E-state index is 12.5. The van der Waals surface area contributed by atoms with Crippen LogP contribution in [0.25, 0.3) is 11.4 Å². The second kappa shape index (κ2) is 9.18. The van der Waals surface area contributed by atoms with Gasteiger partial charge in [-0.1, -0.05) is 35.5 Å². The van der Waals surface area contributed by atoms with Crippen molar-refractivity contribution in [1.29, 1.82) is 0 Å². The van der Waals surface area contributed by atoms with Crippen LogP contribution in [0, 0.1) is 13.8 Å². The van der Waals surface area contributed by atoms with E-state index in [1.807, 2.05) is 43.4 Å². The summed E-state index contributed by atoms with van der Waals surface area (Å²) >= 11 is 3.24. The number of allylic oxidation sites excluding steroid dienone is 1. The lowest BCUT2D eigenvalue weighted by atomic mass is 9.95. The number of carbonyl (C=O) groups excluding carboxylic acids is 1. The highest BCUT2D eigenvalue weighted by Crippen LogP contribution is 2.36. The average Bonchev–Trinajstić information content (AvgIpc) is 3.33. The topological polar surface area (TPSA) is 59.8 Å². The highest BCUT2D eigenvalue weighted by atomic mass is 32.2. The van der Waals surface area contributed by atoms with Gasteiger partial charge in [-0.25, -0.2) is 0 Å². The van der Waals surface area contributed by atoms with Gasteiger partial charge in [-0.3, -0.25) is 9.36 Å². The van der Waals surface area contributed by atoms with E-state index in [0.29, 0.717) is 6.54 Å². The van der Waals surface area contributed by atoms with Crippen LogP contribution in [0.15, 0.2) is 41.4 Å². The Bertz CT molecular complexity index is 1080. The van der Waals surface area contributed by atoms with Crippen LogP contribution in [0.5, 0.6) is 0 Å². The van der Waals surface area contributed by atoms with Crippen LogP contribution in [0.4, 0.5) is 5.69 Å². The van der Waals surface area contributed by atoms with Gasteiger partial charge in [0.25, 0.3) is 0 Å². The Morgan fingerprint density at radius 1 is 1.30 bits per heavy atom. The molecule has 0 spiro atoms. The largest absolute Gasteiger partial charge is 0.325 e. The third kappa shape index (κ3) is 4.37. The van der Waals surface area contributed by atoms with Gasteiger partial charge in [0, 0.05) is 28.1 Å². The Kier molecular flexibility index (Phi) is 6.39. The summed E-state index contributed by atoms with van der Waals surface area (Å²) < 4.78 is 2.07. The van der Waals surface area contributed by atoms with Crippen LogP contribution in [-0.4, -0.2) is 26.4 Å². The lowest BCUT2D eigenvalue weighted by Crippen LogP contribution is -2.15. The molecule has 0 fully saturated rings. The van der Waals surface area contributed by atoms with Gasteiger partial charge in [-0.05, 0) is 56.7 Å². The summed E-state index contributed by atoms with van der Waals surface area (Å²) in [6.07, 6.45) is 6.62. The second-order valence-electron chi connectivity index (χ2n) is 7.62. The van der Waals surface area contributed by atoms with Crippen LogP contribution in [-0.2, 0) is 24.2 Å².